The SMILES string of the molecule is CC(O)C(N)(C(=O)O)C(C)(C)C.Cl. The summed E-state index contributed by atoms with van der Waals surface area (Å²) < 4.78 is 0. The molecule has 80 valence electrons. The minimum Gasteiger partial charge on any atom is -0.480 e. The first kappa shape index (κ1) is 15.2. The van der Waals surface area contributed by atoms with Crippen molar-refractivity contribution in [2.24, 2.45) is 11.1 Å². The largest absolute Gasteiger partial charge is 0.480 e. The Hall–Kier alpha value is -0.320. The molecule has 0 heterocycles. The summed E-state index contributed by atoms with van der Waals surface area (Å²) in [5.74, 6) is -1.18. The number of rotatable bonds is 2. The Morgan fingerprint density at radius 1 is 1.38 bits per heavy atom. The molecule has 0 spiro atoms. The van der Waals surface area contributed by atoms with Crippen LogP contribution in [0.2, 0.25) is 0 Å². The number of aliphatic carboxylic acids is 1. The van der Waals surface area contributed by atoms with E-state index < -0.39 is 23.0 Å². The maximum atomic E-state index is 10.8. The van der Waals surface area contributed by atoms with Gasteiger partial charge in [0, 0.05) is 0 Å². The van der Waals surface area contributed by atoms with E-state index in [9.17, 15) is 9.90 Å². The molecule has 0 bridgehead atoms. The van der Waals surface area contributed by atoms with Gasteiger partial charge in [-0.1, -0.05) is 20.8 Å². The van der Waals surface area contributed by atoms with Gasteiger partial charge in [-0.15, -0.1) is 12.4 Å². The predicted octanol–water partition coefficient (Wildman–Crippen LogP) is 0.617. The number of carboxylic acid groups (broad SMARTS) is 1. The van der Waals surface area contributed by atoms with Crippen molar-refractivity contribution < 1.29 is 15.0 Å². The Morgan fingerprint density at radius 3 is 1.69 bits per heavy atom. The first-order chi connectivity index (χ1) is 5.14. The van der Waals surface area contributed by atoms with E-state index in [4.69, 9.17) is 10.8 Å². The van der Waals surface area contributed by atoms with E-state index in [1.54, 1.807) is 20.8 Å². The molecule has 0 aromatic heterocycles. The third kappa shape index (κ3) is 2.56. The highest BCUT2D eigenvalue weighted by Gasteiger charge is 2.49. The van der Waals surface area contributed by atoms with E-state index in [2.05, 4.69) is 0 Å². The van der Waals surface area contributed by atoms with E-state index in [0.717, 1.165) is 0 Å². The number of nitrogens with two attached hydrogens (primary N) is 1. The van der Waals surface area contributed by atoms with Crippen LogP contribution < -0.4 is 5.73 Å². The average Bonchev–Trinajstić information content (AvgIpc) is 1.82. The molecule has 0 fully saturated rings. The van der Waals surface area contributed by atoms with Gasteiger partial charge in [-0.3, -0.25) is 4.79 Å². The molecule has 5 heteroatoms. The van der Waals surface area contributed by atoms with Crippen molar-refractivity contribution in [3.05, 3.63) is 0 Å². The van der Waals surface area contributed by atoms with E-state index in [1.807, 2.05) is 0 Å². The van der Waals surface area contributed by atoms with Gasteiger partial charge < -0.3 is 15.9 Å². The summed E-state index contributed by atoms with van der Waals surface area (Å²) >= 11 is 0. The molecule has 0 aromatic rings. The number of carbonyl (C=O) groups is 1. The number of carboxylic acids is 1. The second kappa shape index (κ2) is 4.26. The molecule has 0 aliphatic rings. The number of hydrogen-bond acceptors (Lipinski definition) is 3. The Labute approximate surface area is 84.5 Å². The molecule has 2 unspecified atom stereocenters. The van der Waals surface area contributed by atoms with Crippen LogP contribution in [0.1, 0.15) is 27.7 Å². The van der Waals surface area contributed by atoms with Crippen LogP contribution in [0.4, 0.5) is 0 Å². The maximum Gasteiger partial charge on any atom is 0.326 e. The van der Waals surface area contributed by atoms with Crippen molar-refractivity contribution in [3.8, 4) is 0 Å². The van der Waals surface area contributed by atoms with E-state index in [1.165, 1.54) is 6.92 Å². The molecule has 4 N–H and O–H groups in total. The van der Waals surface area contributed by atoms with Gasteiger partial charge in [0.05, 0.1) is 6.10 Å². The van der Waals surface area contributed by atoms with Crippen LogP contribution >= 0.6 is 12.4 Å². The zero-order valence-electron chi connectivity index (χ0n) is 8.37. The molecular weight excluding hydrogens is 194 g/mol. The number of aliphatic hydroxyl groups excluding tert-OH is 1. The molecule has 0 radical (unpaired) electrons. The second-order valence-corrected chi connectivity index (χ2v) is 4.10. The van der Waals surface area contributed by atoms with E-state index in [0.29, 0.717) is 0 Å². The maximum absolute atomic E-state index is 10.8. The summed E-state index contributed by atoms with van der Waals surface area (Å²) in [5, 5.41) is 18.1. The van der Waals surface area contributed by atoms with Crippen molar-refractivity contribution in [1.82, 2.24) is 0 Å². The van der Waals surface area contributed by atoms with Gasteiger partial charge >= 0.3 is 5.97 Å². The minimum atomic E-state index is -1.59. The van der Waals surface area contributed by atoms with Crippen molar-refractivity contribution in [1.29, 1.82) is 0 Å². The summed E-state index contributed by atoms with van der Waals surface area (Å²) in [5.41, 5.74) is 3.35. The molecule has 0 amide bonds. The molecule has 13 heavy (non-hydrogen) atoms. The highest BCUT2D eigenvalue weighted by molar-refractivity contribution is 5.85. The van der Waals surface area contributed by atoms with Crippen LogP contribution in [0.15, 0.2) is 0 Å². The van der Waals surface area contributed by atoms with Crippen LogP contribution in [-0.2, 0) is 4.79 Å². The van der Waals surface area contributed by atoms with Crippen molar-refractivity contribution in [3.63, 3.8) is 0 Å². The molecule has 0 saturated carbocycles. The van der Waals surface area contributed by atoms with Crippen LogP contribution in [0.5, 0.6) is 0 Å². The molecule has 0 aromatic carbocycles. The minimum absolute atomic E-state index is 0. The van der Waals surface area contributed by atoms with Crippen LogP contribution in [0, 0.1) is 5.41 Å². The van der Waals surface area contributed by atoms with Crippen molar-refractivity contribution >= 4 is 18.4 Å². The first-order valence-electron chi connectivity index (χ1n) is 3.84. The monoisotopic (exact) mass is 211 g/mol. The molecule has 0 aliphatic heterocycles. The summed E-state index contributed by atoms with van der Waals surface area (Å²) in [7, 11) is 0. The molecular formula is C8H18ClNO3. The fourth-order valence-corrected chi connectivity index (χ4v) is 1.13. The smallest absolute Gasteiger partial charge is 0.326 e. The quantitative estimate of drug-likeness (QED) is 0.625. The van der Waals surface area contributed by atoms with Crippen molar-refractivity contribution in [2.45, 2.75) is 39.3 Å². The van der Waals surface area contributed by atoms with Gasteiger partial charge in [-0.25, -0.2) is 0 Å². The lowest BCUT2D eigenvalue weighted by Gasteiger charge is -2.39. The summed E-state index contributed by atoms with van der Waals surface area (Å²) in [4.78, 5) is 10.8. The zero-order valence-corrected chi connectivity index (χ0v) is 9.18. The third-order valence-electron chi connectivity index (χ3n) is 2.25. The van der Waals surface area contributed by atoms with Crippen LogP contribution in [0.3, 0.4) is 0 Å². The van der Waals surface area contributed by atoms with Crippen LogP contribution in [0.25, 0.3) is 0 Å². The topological polar surface area (TPSA) is 83.5 Å². The molecule has 0 aliphatic carbocycles. The Bertz CT molecular complexity index is 188. The number of hydrogen-bond donors (Lipinski definition) is 3. The molecule has 4 nitrogen and oxygen atoms in total. The fraction of sp³-hybridized carbons (Fsp3) is 0.875. The number of aliphatic hydroxyl groups is 1. The van der Waals surface area contributed by atoms with Gasteiger partial charge in [-0.05, 0) is 12.3 Å². The Kier molecular flexibility index (Phi) is 4.97. The lowest BCUT2D eigenvalue weighted by molar-refractivity contribution is -0.153. The fourth-order valence-electron chi connectivity index (χ4n) is 1.13. The van der Waals surface area contributed by atoms with E-state index in [-0.39, 0.29) is 12.4 Å². The predicted molar refractivity (Wildman–Crippen MR) is 52.9 cm³/mol. The first-order valence-corrected chi connectivity index (χ1v) is 3.84. The number of halogens is 1. The summed E-state index contributed by atoms with van der Waals surface area (Å²) in [6.45, 7) is 6.45. The van der Waals surface area contributed by atoms with Crippen LogP contribution in [-0.4, -0.2) is 27.8 Å². The second-order valence-electron chi connectivity index (χ2n) is 4.10. The molecule has 0 rings (SSSR count). The van der Waals surface area contributed by atoms with Gasteiger partial charge in [0.25, 0.3) is 0 Å². The lowest BCUT2D eigenvalue weighted by Crippen LogP contribution is -2.64. The van der Waals surface area contributed by atoms with Gasteiger partial charge in [0.1, 0.15) is 5.54 Å². The highest BCUT2D eigenvalue weighted by atomic mass is 35.5. The standard InChI is InChI=1S/C8H17NO3.ClH/c1-5(10)8(9,6(11)12)7(2,3)4;/h5,10H,9H2,1-4H3,(H,11,12);1H. The van der Waals surface area contributed by atoms with Gasteiger partial charge in [0.2, 0.25) is 0 Å². The Balaban J connectivity index is 0. The third-order valence-corrected chi connectivity index (χ3v) is 2.25. The van der Waals surface area contributed by atoms with Gasteiger partial charge in [0.15, 0.2) is 0 Å². The van der Waals surface area contributed by atoms with Crippen molar-refractivity contribution in [2.75, 3.05) is 0 Å². The highest BCUT2D eigenvalue weighted by Crippen LogP contribution is 2.31. The van der Waals surface area contributed by atoms with E-state index >= 15 is 0 Å². The van der Waals surface area contributed by atoms with Gasteiger partial charge in [-0.2, -0.15) is 0 Å². The average molecular weight is 212 g/mol. The zero-order chi connectivity index (χ0) is 10.2. The molecule has 0 saturated heterocycles. The lowest BCUT2D eigenvalue weighted by atomic mass is 9.71. The normalized spacial score (nSPS) is 18.3. The Morgan fingerprint density at radius 2 is 1.69 bits per heavy atom. The molecule has 2 atom stereocenters. The summed E-state index contributed by atoms with van der Waals surface area (Å²) in [6.07, 6.45) is -1.07. The summed E-state index contributed by atoms with van der Waals surface area (Å²) in [6, 6.07) is 0.